The minimum Gasteiger partial charge on any atom is -0.469 e. The van der Waals surface area contributed by atoms with Crippen molar-refractivity contribution in [2.45, 2.75) is 57.0 Å². The Labute approximate surface area is 214 Å². The number of nitrogens with zero attached hydrogens (tertiary/aromatic N) is 1. The molecule has 2 fully saturated rings. The van der Waals surface area contributed by atoms with E-state index in [0.717, 1.165) is 31.5 Å². The Kier molecular flexibility index (Phi) is 10.1. The van der Waals surface area contributed by atoms with E-state index in [4.69, 9.17) is 14.2 Å². The number of esters is 1. The maximum atomic E-state index is 11.3. The average Bonchev–Trinajstić information content (AvgIpc) is 3.25. The van der Waals surface area contributed by atoms with Crippen molar-refractivity contribution in [3.8, 4) is 11.1 Å². The molecule has 6 nitrogen and oxygen atoms in total. The second kappa shape index (κ2) is 13.7. The molecular weight excluding hydrogens is 454 g/mol. The van der Waals surface area contributed by atoms with Gasteiger partial charge in [0.2, 0.25) is 0 Å². The van der Waals surface area contributed by atoms with Gasteiger partial charge in [-0.15, -0.1) is 0 Å². The van der Waals surface area contributed by atoms with Crippen molar-refractivity contribution < 1.29 is 24.1 Å². The lowest BCUT2D eigenvalue weighted by Gasteiger charge is -2.38. The van der Waals surface area contributed by atoms with Gasteiger partial charge < -0.3 is 19.3 Å². The van der Waals surface area contributed by atoms with Crippen LogP contribution in [-0.4, -0.2) is 67.6 Å². The van der Waals surface area contributed by atoms with Crippen LogP contribution in [0.1, 0.15) is 37.7 Å². The van der Waals surface area contributed by atoms with Gasteiger partial charge >= 0.3 is 5.97 Å². The first-order valence-corrected chi connectivity index (χ1v) is 13.1. The molecule has 4 rings (SSSR count). The van der Waals surface area contributed by atoms with Gasteiger partial charge in [0.1, 0.15) is 0 Å². The average molecular weight is 494 g/mol. The summed E-state index contributed by atoms with van der Waals surface area (Å²) in [5.41, 5.74) is 3.54. The highest BCUT2D eigenvalue weighted by atomic mass is 16.5. The Hall–Kier alpha value is -2.51. The van der Waals surface area contributed by atoms with Gasteiger partial charge in [0.25, 0.3) is 0 Å². The molecule has 36 heavy (non-hydrogen) atoms. The first kappa shape index (κ1) is 26.6. The van der Waals surface area contributed by atoms with Crippen LogP contribution >= 0.6 is 0 Å². The van der Waals surface area contributed by atoms with Crippen molar-refractivity contribution >= 4 is 5.97 Å². The fourth-order valence-corrected chi connectivity index (χ4v) is 5.45. The van der Waals surface area contributed by atoms with Crippen molar-refractivity contribution in [1.29, 1.82) is 0 Å². The maximum Gasteiger partial charge on any atom is 0.305 e. The van der Waals surface area contributed by atoms with Gasteiger partial charge in [-0.25, -0.2) is 0 Å². The first-order chi connectivity index (χ1) is 17.7. The van der Waals surface area contributed by atoms with Gasteiger partial charge in [-0.1, -0.05) is 66.7 Å². The zero-order valence-electron chi connectivity index (χ0n) is 21.3. The number of hydrogen-bond donors (Lipinski definition) is 1. The minimum absolute atomic E-state index is 0.00474. The number of aliphatic hydroxyl groups excluding tert-OH is 1. The Bertz CT molecular complexity index is 955. The quantitative estimate of drug-likeness (QED) is 0.364. The zero-order chi connectivity index (χ0) is 25.2. The van der Waals surface area contributed by atoms with Gasteiger partial charge in [0.15, 0.2) is 0 Å². The molecule has 1 saturated heterocycles. The van der Waals surface area contributed by atoms with Crippen molar-refractivity contribution in [2.24, 2.45) is 5.92 Å². The van der Waals surface area contributed by atoms with Crippen LogP contribution in [0.25, 0.3) is 11.1 Å². The number of morpholine rings is 1. The number of benzene rings is 2. The van der Waals surface area contributed by atoms with Gasteiger partial charge in [0.05, 0.1) is 39.1 Å². The van der Waals surface area contributed by atoms with Crippen molar-refractivity contribution in [1.82, 2.24) is 4.90 Å². The summed E-state index contributed by atoms with van der Waals surface area (Å²) in [5, 5.41) is 11.0. The molecule has 0 amide bonds. The summed E-state index contributed by atoms with van der Waals surface area (Å²) >= 11 is 0. The van der Waals surface area contributed by atoms with E-state index in [-0.39, 0.29) is 24.0 Å². The number of carbonyl (C=O) groups excluding carboxylic acids is 1. The van der Waals surface area contributed by atoms with E-state index >= 15 is 0 Å². The molecule has 194 valence electrons. The Morgan fingerprint density at radius 2 is 1.72 bits per heavy atom. The molecular formula is C30H39NO5. The highest BCUT2D eigenvalue weighted by Crippen LogP contribution is 2.37. The molecule has 1 heterocycles. The van der Waals surface area contributed by atoms with Crippen LogP contribution in [-0.2, 0) is 25.6 Å². The van der Waals surface area contributed by atoms with E-state index in [2.05, 4.69) is 65.6 Å². The smallest absolute Gasteiger partial charge is 0.305 e. The summed E-state index contributed by atoms with van der Waals surface area (Å²) in [4.78, 5) is 13.7. The van der Waals surface area contributed by atoms with Crippen molar-refractivity contribution in [2.75, 3.05) is 33.4 Å². The Balaban J connectivity index is 1.36. The van der Waals surface area contributed by atoms with Crippen molar-refractivity contribution in [3.05, 3.63) is 72.3 Å². The third kappa shape index (κ3) is 7.26. The summed E-state index contributed by atoms with van der Waals surface area (Å²) in [7, 11) is 1.42. The summed E-state index contributed by atoms with van der Waals surface area (Å²) < 4.78 is 16.7. The molecule has 2 aliphatic rings. The fourth-order valence-electron chi connectivity index (χ4n) is 5.45. The third-order valence-electron chi connectivity index (χ3n) is 7.35. The zero-order valence-corrected chi connectivity index (χ0v) is 21.3. The second-order valence-corrected chi connectivity index (χ2v) is 9.68. The van der Waals surface area contributed by atoms with Crippen LogP contribution in [0.2, 0.25) is 0 Å². The lowest BCUT2D eigenvalue weighted by Crippen LogP contribution is -2.50. The topological polar surface area (TPSA) is 68.2 Å². The Morgan fingerprint density at radius 1 is 1.03 bits per heavy atom. The molecule has 1 saturated carbocycles. The predicted molar refractivity (Wildman–Crippen MR) is 140 cm³/mol. The Morgan fingerprint density at radius 3 is 2.44 bits per heavy atom. The van der Waals surface area contributed by atoms with Crippen molar-refractivity contribution in [3.63, 3.8) is 0 Å². The normalized spacial score (nSPS) is 24.8. The van der Waals surface area contributed by atoms with E-state index in [1.807, 2.05) is 6.07 Å². The van der Waals surface area contributed by atoms with Crippen LogP contribution in [0.15, 0.2) is 66.7 Å². The number of hydrogen-bond acceptors (Lipinski definition) is 6. The predicted octanol–water partition coefficient (Wildman–Crippen LogP) is 4.61. The molecule has 0 aromatic heterocycles. The lowest BCUT2D eigenvalue weighted by atomic mass is 9.93. The molecule has 2 aromatic carbocycles. The number of aliphatic hydroxyl groups is 1. The number of ether oxygens (including phenoxy) is 3. The molecule has 0 bridgehead atoms. The van der Waals surface area contributed by atoms with E-state index in [1.54, 1.807) is 0 Å². The van der Waals surface area contributed by atoms with Gasteiger partial charge in [0, 0.05) is 37.9 Å². The molecule has 6 heteroatoms. The standard InChI is InChI=1S/C30H39NO5/c1-34-29(33)12-8-3-2-7-11-26-28(21-27(32)30(26)31-17-19-35-20-18-31)36-22-23-13-15-25(16-14-23)24-9-5-4-6-10-24/h2-6,9-10,13-16,26-28,30,32H,7-8,11-12,17-22H2,1H3/t26-,27-,28-,30+/m0/s1. The molecule has 0 spiro atoms. The SMILES string of the molecule is COC(=O)CCC=CCC[C@@H]1[C@@H](N2CCOCC2)[C@@H](O)C[C@@H]1OCc1ccc(-c2ccccc2)cc1. The second-order valence-electron chi connectivity index (χ2n) is 9.68. The molecule has 1 N–H and O–H groups in total. The van der Waals surface area contributed by atoms with Crippen LogP contribution in [0.3, 0.4) is 0 Å². The highest BCUT2D eigenvalue weighted by Gasteiger charge is 2.45. The maximum absolute atomic E-state index is 11.3. The molecule has 1 aliphatic carbocycles. The summed E-state index contributed by atoms with van der Waals surface area (Å²) in [6.45, 7) is 3.65. The van der Waals surface area contributed by atoms with E-state index in [0.29, 0.717) is 39.1 Å². The van der Waals surface area contributed by atoms with E-state index < -0.39 is 6.10 Å². The summed E-state index contributed by atoms with van der Waals surface area (Å²) in [6, 6.07) is 19.0. The monoisotopic (exact) mass is 493 g/mol. The highest BCUT2D eigenvalue weighted by molar-refractivity contribution is 5.69. The molecule has 0 unspecified atom stereocenters. The molecule has 2 aromatic rings. The first-order valence-electron chi connectivity index (χ1n) is 13.1. The van der Waals surface area contributed by atoms with Crippen LogP contribution < -0.4 is 0 Å². The van der Waals surface area contributed by atoms with Gasteiger partial charge in [-0.3, -0.25) is 9.69 Å². The fraction of sp³-hybridized carbons (Fsp3) is 0.500. The largest absolute Gasteiger partial charge is 0.469 e. The number of rotatable bonds is 11. The lowest BCUT2D eigenvalue weighted by molar-refractivity contribution is -0.140. The van der Waals surface area contributed by atoms with Gasteiger partial charge in [-0.2, -0.15) is 0 Å². The summed E-state index contributed by atoms with van der Waals surface area (Å²) in [6.07, 6.45) is 7.37. The van der Waals surface area contributed by atoms with Crippen LogP contribution in [0.5, 0.6) is 0 Å². The number of allylic oxidation sites excluding steroid dienone is 2. The summed E-state index contributed by atoms with van der Waals surface area (Å²) in [5.74, 6) is 0.0585. The third-order valence-corrected chi connectivity index (χ3v) is 7.35. The van der Waals surface area contributed by atoms with E-state index in [9.17, 15) is 9.90 Å². The van der Waals surface area contributed by atoms with E-state index in [1.165, 1.54) is 18.2 Å². The molecule has 4 atom stereocenters. The number of methoxy groups -OCH3 is 1. The minimum atomic E-state index is -0.401. The number of carbonyl (C=O) groups is 1. The molecule has 1 aliphatic heterocycles. The van der Waals surface area contributed by atoms with Crippen LogP contribution in [0.4, 0.5) is 0 Å². The molecule has 0 radical (unpaired) electrons. The van der Waals surface area contributed by atoms with Gasteiger partial charge in [-0.05, 0) is 36.0 Å². The van der Waals surface area contributed by atoms with Crippen LogP contribution in [0, 0.1) is 5.92 Å².